The van der Waals surface area contributed by atoms with Crippen LogP contribution in [-0.2, 0) is 16.6 Å². The number of nitrogens with one attached hydrogen (secondary N) is 1. The molecule has 0 atom stereocenters. The monoisotopic (exact) mass is 420 g/mol. The summed E-state index contributed by atoms with van der Waals surface area (Å²) in [6, 6.07) is 11.6. The number of rotatable bonds is 4. The van der Waals surface area contributed by atoms with Gasteiger partial charge in [0.2, 0.25) is 10.0 Å². The summed E-state index contributed by atoms with van der Waals surface area (Å²) in [5, 5.41) is 10.2. The quantitative estimate of drug-likeness (QED) is 0.546. The number of sulfonamides is 1. The summed E-state index contributed by atoms with van der Waals surface area (Å²) in [7, 11) is -3.60. The van der Waals surface area contributed by atoms with Crippen LogP contribution in [0.15, 0.2) is 60.0 Å². The van der Waals surface area contributed by atoms with Crippen molar-refractivity contribution in [3.8, 4) is 6.07 Å². The average Bonchev–Trinajstić information content (AvgIpc) is 3.35. The van der Waals surface area contributed by atoms with Crippen molar-refractivity contribution in [3.63, 3.8) is 0 Å². The lowest BCUT2D eigenvalue weighted by Gasteiger charge is -2.33. The molecule has 0 radical (unpaired) electrons. The first-order chi connectivity index (χ1) is 14.6. The topological polar surface area (TPSA) is 97.5 Å². The molecule has 1 saturated heterocycles. The molecule has 9 heteroatoms. The Kier molecular flexibility index (Phi) is 4.55. The minimum absolute atomic E-state index is 0.268. The predicted octanol–water partition coefficient (Wildman–Crippen LogP) is 2.19. The Labute approximate surface area is 174 Å². The van der Waals surface area contributed by atoms with Crippen LogP contribution >= 0.6 is 0 Å². The fourth-order valence-electron chi connectivity index (χ4n) is 4.08. The second-order valence-electron chi connectivity index (χ2n) is 7.37. The molecule has 0 spiro atoms. The van der Waals surface area contributed by atoms with E-state index in [1.54, 1.807) is 18.3 Å². The van der Waals surface area contributed by atoms with Crippen molar-refractivity contribution in [3.05, 3.63) is 66.2 Å². The predicted molar refractivity (Wildman–Crippen MR) is 112 cm³/mol. The number of nitriles is 1. The number of aromatic amines is 1. The number of fused-ring (bicyclic) bond motifs is 2. The van der Waals surface area contributed by atoms with Crippen LogP contribution in [0.5, 0.6) is 0 Å². The first-order valence-electron chi connectivity index (χ1n) is 9.71. The van der Waals surface area contributed by atoms with Crippen LogP contribution in [0.25, 0.3) is 16.6 Å². The number of H-pyrrole nitrogens is 1. The Morgan fingerprint density at radius 2 is 1.97 bits per heavy atom. The fourth-order valence-corrected chi connectivity index (χ4v) is 5.65. The molecular weight excluding hydrogens is 400 g/mol. The smallest absolute Gasteiger partial charge is 0.245 e. The number of pyridine rings is 2. The molecule has 0 bridgehead atoms. The molecule has 0 aliphatic carbocycles. The minimum atomic E-state index is -3.60. The molecule has 4 aromatic rings. The maximum absolute atomic E-state index is 13.2. The Morgan fingerprint density at radius 1 is 1.13 bits per heavy atom. The third-order valence-corrected chi connectivity index (χ3v) is 7.57. The first-order valence-corrected chi connectivity index (χ1v) is 11.2. The highest BCUT2D eigenvalue weighted by Crippen LogP contribution is 2.26. The average molecular weight is 420 g/mol. The Balaban J connectivity index is 1.33. The molecule has 1 aliphatic heterocycles. The zero-order chi connectivity index (χ0) is 20.7. The molecule has 8 nitrogen and oxygen atoms in total. The van der Waals surface area contributed by atoms with Gasteiger partial charge in [0.15, 0.2) is 0 Å². The molecule has 0 amide bonds. The van der Waals surface area contributed by atoms with Crippen LogP contribution < -0.4 is 0 Å². The lowest BCUT2D eigenvalue weighted by molar-refractivity contribution is 0.181. The van der Waals surface area contributed by atoms with E-state index in [4.69, 9.17) is 0 Å². The van der Waals surface area contributed by atoms with Crippen LogP contribution in [0.4, 0.5) is 0 Å². The summed E-state index contributed by atoms with van der Waals surface area (Å²) in [5.74, 6) is 0. The van der Waals surface area contributed by atoms with Crippen molar-refractivity contribution in [2.75, 3.05) is 26.2 Å². The van der Waals surface area contributed by atoms with Gasteiger partial charge in [0.25, 0.3) is 0 Å². The molecule has 1 N–H and O–H groups in total. The second-order valence-corrected chi connectivity index (χ2v) is 9.27. The van der Waals surface area contributed by atoms with Gasteiger partial charge in [-0.05, 0) is 24.3 Å². The van der Waals surface area contributed by atoms with Crippen LogP contribution in [0, 0.1) is 11.3 Å². The Hall–Kier alpha value is -3.19. The maximum atomic E-state index is 13.2. The summed E-state index contributed by atoms with van der Waals surface area (Å²) >= 11 is 0. The largest absolute Gasteiger partial charge is 0.345 e. The van der Waals surface area contributed by atoms with E-state index in [9.17, 15) is 13.7 Å². The van der Waals surface area contributed by atoms with Crippen molar-refractivity contribution in [1.82, 2.24) is 23.6 Å². The van der Waals surface area contributed by atoms with E-state index in [0.29, 0.717) is 49.3 Å². The Morgan fingerprint density at radius 3 is 2.77 bits per heavy atom. The number of hydrogen-bond acceptors (Lipinski definition) is 5. The normalized spacial score (nSPS) is 16.2. The van der Waals surface area contributed by atoms with Crippen LogP contribution in [0.1, 0.15) is 11.1 Å². The van der Waals surface area contributed by atoms with Crippen molar-refractivity contribution >= 4 is 26.6 Å². The highest BCUT2D eigenvalue weighted by molar-refractivity contribution is 7.89. The van der Waals surface area contributed by atoms with E-state index < -0.39 is 10.0 Å². The van der Waals surface area contributed by atoms with Gasteiger partial charge in [-0.1, -0.05) is 6.07 Å². The zero-order valence-corrected chi connectivity index (χ0v) is 17.0. The standard InChI is InChI=1S/C21H20N6O2S/c22-12-18-16(15-26-7-2-1-5-19(18)26)14-25-8-10-27(11-9-25)30(28,29)20-13-24-21-17(20)4-3-6-23-21/h1-7,13,15H,8-11,14H2,(H,23,24). The van der Waals surface area contributed by atoms with Crippen molar-refractivity contribution in [2.24, 2.45) is 0 Å². The molecule has 5 heterocycles. The van der Waals surface area contributed by atoms with Crippen LogP contribution in [0.3, 0.4) is 0 Å². The van der Waals surface area contributed by atoms with Gasteiger partial charge >= 0.3 is 0 Å². The summed E-state index contributed by atoms with van der Waals surface area (Å²) in [5.41, 5.74) is 3.10. The second kappa shape index (κ2) is 7.25. The molecular formula is C21H20N6O2S. The van der Waals surface area contributed by atoms with Gasteiger partial charge in [-0.15, -0.1) is 0 Å². The van der Waals surface area contributed by atoms with Gasteiger partial charge in [-0.2, -0.15) is 9.57 Å². The molecule has 4 aromatic heterocycles. The highest BCUT2D eigenvalue weighted by Gasteiger charge is 2.31. The lowest BCUT2D eigenvalue weighted by Crippen LogP contribution is -2.48. The van der Waals surface area contributed by atoms with E-state index in [0.717, 1.165) is 11.1 Å². The van der Waals surface area contributed by atoms with E-state index >= 15 is 0 Å². The third-order valence-electron chi connectivity index (χ3n) is 5.63. The molecule has 152 valence electrons. The molecule has 0 aromatic carbocycles. The Bertz CT molecular complexity index is 1370. The van der Waals surface area contributed by atoms with E-state index in [2.05, 4.69) is 20.9 Å². The first kappa shape index (κ1) is 18.8. The summed E-state index contributed by atoms with van der Waals surface area (Å²) < 4.78 is 29.8. The van der Waals surface area contributed by atoms with E-state index in [-0.39, 0.29) is 4.90 Å². The highest BCUT2D eigenvalue weighted by atomic mass is 32.2. The maximum Gasteiger partial charge on any atom is 0.245 e. The van der Waals surface area contributed by atoms with Gasteiger partial charge in [0.05, 0.1) is 11.1 Å². The molecule has 0 unspecified atom stereocenters. The zero-order valence-electron chi connectivity index (χ0n) is 16.2. The third kappa shape index (κ3) is 3.06. The van der Waals surface area contributed by atoms with Gasteiger partial charge in [0, 0.05) is 68.5 Å². The SMILES string of the molecule is N#Cc1c(CN2CCN(S(=O)(=O)c3c[nH]c4ncccc34)CC2)cn2ccccc12. The van der Waals surface area contributed by atoms with Gasteiger partial charge in [-0.25, -0.2) is 13.4 Å². The van der Waals surface area contributed by atoms with E-state index in [1.165, 1.54) is 10.5 Å². The van der Waals surface area contributed by atoms with Gasteiger partial charge in [-0.3, -0.25) is 4.90 Å². The van der Waals surface area contributed by atoms with E-state index in [1.807, 2.05) is 35.0 Å². The summed E-state index contributed by atoms with van der Waals surface area (Å²) in [6.45, 7) is 2.65. The van der Waals surface area contributed by atoms with Gasteiger partial charge < -0.3 is 9.38 Å². The molecule has 0 saturated carbocycles. The van der Waals surface area contributed by atoms with Crippen molar-refractivity contribution < 1.29 is 8.42 Å². The molecule has 5 rings (SSSR count). The van der Waals surface area contributed by atoms with Crippen LogP contribution in [0.2, 0.25) is 0 Å². The number of nitrogens with zero attached hydrogens (tertiary/aromatic N) is 5. The molecule has 30 heavy (non-hydrogen) atoms. The number of aromatic nitrogens is 3. The lowest BCUT2D eigenvalue weighted by atomic mass is 10.1. The minimum Gasteiger partial charge on any atom is -0.345 e. The van der Waals surface area contributed by atoms with Crippen LogP contribution in [-0.4, -0.2) is 58.2 Å². The fraction of sp³-hybridized carbons (Fsp3) is 0.238. The molecule has 1 fully saturated rings. The van der Waals surface area contributed by atoms with Crippen molar-refractivity contribution in [2.45, 2.75) is 11.4 Å². The molecule has 1 aliphatic rings. The number of piperazine rings is 1. The summed E-state index contributed by atoms with van der Waals surface area (Å²) in [4.78, 5) is 9.58. The van der Waals surface area contributed by atoms with Crippen molar-refractivity contribution in [1.29, 1.82) is 5.26 Å². The summed E-state index contributed by atoms with van der Waals surface area (Å²) in [6.07, 6.45) is 7.07. The number of hydrogen-bond donors (Lipinski definition) is 1. The van der Waals surface area contributed by atoms with Gasteiger partial charge in [0.1, 0.15) is 16.6 Å².